The number of rotatable bonds is 2. The number of hydrogen-bond acceptors (Lipinski definition) is 0. The van der Waals surface area contributed by atoms with E-state index in [1.54, 1.807) is 0 Å². The molecule has 0 aromatic heterocycles. The second-order valence-corrected chi connectivity index (χ2v) is 9.76. The molecule has 42 heavy (non-hydrogen) atoms. The quantitative estimate of drug-likeness (QED) is 0.196. The normalized spacial score (nSPS) is 9.81. The fraction of sp³-hybridized carbons (Fsp3) is 0. The van der Waals surface area contributed by atoms with Crippen LogP contribution in [-0.4, -0.2) is 0 Å². The van der Waals surface area contributed by atoms with Crippen molar-refractivity contribution < 1.29 is 0 Å². The van der Waals surface area contributed by atoms with E-state index in [-0.39, 0.29) is 0 Å². The van der Waals surface area contributed by atoms with Gasteiger partial charge in [-0.2, -0.15) is 0 Å². The first-order chi connectivity index (χ1) is 20.8. The Morgan fingerprint density at radius 3 is 0.952 bits per heavy atom. The van der Waals surface area contributed by atoms with E-state index in [9.17, 15) is 0 Å². The van der Waals surface area contributed by atoms with Crippen molar-refractivity contribution in [1.29, 1.82) is 0 Å². The van der Waals surface area contributed by atoms with Gasteiger partial charge in [-0.15, -0.1) is 0 Å². The van der Waals surface area contributed by atoms with Crippen LogP contribution in [0.3, 0.4) is 0 Å². The third-order valence-electron chi connectivity index (χ3n) is 6.79. The first kappa shape index (κ1) is 26.2. The zero-order valence-electron chi connectivity index (χ0n) is 23.0. The summed E-state index contributed by atoms with van der Waals surface area (Å²) in [5, 5.41) is 0. The van der Waals surface area contributed by atoms with Gasteiger partial charge in [0.2, 0.25) is 0 Å². The average Bonchev–Trinajstić information content (AvgIpc) is 3.07. The third kappa shape index (κ3) is 6.76. The van der Waals surface area contributed by atoms with Gasteiger partial charge in [0, 0.05) is 33.4 Å². The maximum Gasteiger partial charge on any atom is 0.0255 e. The van der Waals surface area contributed by atoms with E-state index in [0.29, 0.717) is 0 Å². The smallest absolute Gasteiger partial charge is 0.0255 e. The molecule has 6 rings (SSSR count). The molecule has 6 aromatic carbocycles. The minimum absolute atomic E-state index is 0.968. The van der Waals surface area contributed by atoms with Crippen molar-refractivity contribution in [3.05, 3.63) is 191 Å². The molecule has 6 aromatic rings. The van der Waals surface area contributed by atoms with Crippen molar-refractivity contribution in [2.24, 2.45) is 0 Å². The molecule has 0 aliphatic rings. The van der Waals surface area contributed by atoms with Crippen LogP contribution in [0.25, 0.3) is 22.3 Å². The Kier molecular flexibility index (Phi) is 8.06. The number of hydrogen-bond donors (Lipinski definition) is 0. The molecule has 0 nitrogen and oxygen atoms in total. The maximum absolute atomic E-state index is 3.35. The van der Waals surface area contributed by atoms with Gasteiger partial charge in [-0.05, 0) is 95.1 Å². The number of benzene rings is 6. The molecular weight excluding hydrogens is 504 g/mol. The summed E-state index contributed by atoms with van der Waals surface area (Å²) in [4.78, 5) is 0. The van der Waals surface area contributed by atoms with Crippen molar-refractivity contribution >= 4 is 0 Å². The van der Waals surface area contributed by atoms with Crippen LogP contribution in [0.15, 0.2) is 158 Å². The summed E-state index contributed by atoms with van der Waals surface area (Å²) in [5.74, 6) is 19.7. The highest BCUT2D eigenvalue weighted by Gasteiger charge is 2.09. The molecular formula is C42H26. The van der Waals surface area contributed by atoms with Gasteiger partial charge in [-0.3, -0.25) is 0 Å². The van der Waals surface area contributed by atoms with Crippen molar-refractivity contribution in [2.45, 2.75) is 0 Å². The fourth-order valence-electron chi connectivity index (χ4n) is 4.58. The molecule has 0 saturated carbocycles. The molecule has 0 heterocycles. The largest absolute Gasteiger partial charge is 0.0622 e. The molecule has 0 amide bonds. The lowest BCUT2D eigenvalue weighted by Gasteiger charge is -2.12. The van der Waals surface area contributed by atoms with Crippen LogP contribution in [0.4, 0.5) is 0 Å². The van der Waals surface area contributed by atoms with Crippen LogP contribution in [-0.2, 0) is 0 Å². The molecule has 0 spiro atoms. The van der Waals surface area contributed by atoms with Gasteiger partial charge in [0.1, 0.15) is 0 Å². The van der Waals surface area contributed by atoms with E-state index in [4.69, 9.17) is 0 Å². The van der Waals surface area contributed by atoms with Crippen LogP contribution in [0.2, 0.25) is 0 Å². The van der Waals surface area contributed by atoms with E-state index in [1.165, 1.54) is 0 Å². The highest BCUT2D eigenvalue weighted by Crippen LogP contribution is 2.33. The second-order valence-electron chi connectivity index (χ2n) is 9.76. The van der Waals surface area contributed by atoms with Gasteiger partial charge < -0.3 is 0 Å². The molecule has 0 N–H and O–H groups in total. The molecule has 0 saturated heterocycles. The summed E-state index contributed by atoms with van der Waals surface area (Å²) >= 11 is 0. The molecule has 194 valence electrons. The topological polar surface area (TPSA) is 0 Å². The maximum atomic E-state index is 3.35. The third-order valence-corrected chi connectivity index (χ3v) is 6.79. The zero-order valence-corrected chi connectivity index (χ0v) is 23.0. The molecule has 0 bridgehead atoms. The minimum Gasteiger partial charge on any atom is -0.0622 e. The summed E-state index contributed by atoms with van der Waals surface area (Å²) in [6.07, 6.45) is 0. The van der Waals surface area contributed by atoms with Gasteiger partial charge in [-0.25, -0.2) is 0 Å². The minimum atomic E-state index is 0.968. The Balaban J connectivity index is 1.34. The molecule has 0 fully saturated rings. The van der Waals surface area contributed by atoms with Crippen molar-refractivity contribution in [1.82, 2.24) is 0 Å². The van der Waals surface area contributed by atoms with E-state index in [1.807, 2.05) is 91.0 Å². The van der Waals surface area contributed by atoms with Crippen LogP contribution >= 0.6 is 0 Å². The predicted molar refractivity (Wildman–Crippen MR) is 175 cm³/mol. The summed E-state index contributed by atoms with van der Waals surface area (Å²) in [6, 6.07) is 53.5. The lowest BCUT2D eigenvalue weighted by Crippen LogP contribution is -1.89. The van der Waals surface area contributed by atoms with Gasteiger partial charge >= 0.3 is 0 Å². The molecule has 0 aliphatic carbocycles. The van der Waals surface area contributed by atoms with Crippen molar-refractivity contribution in [2.75, 3.05) is 0 Å². The molecule has 0 heteroatoms. The van der Waals surface area contributed by atoms with E-state index in [2.05, 4.69) is 102 Å². The van der Waals surface area contributed by atoms with Crippen molar-refractivity contribution in [3.63, 3.8) is 0 Å². The van der Waals surface area contributed by atoms with Gasteiger partial charge in [0.15, 0.2) is 0 Å². The standard InChI is InChI=1S/C42H26/c1-4-10-33(11-5-1)16-18-36-22-27-39(28-23-36)41-31-26-38(21-20-35-14-8-3-9-15-35)32-42(41)40-29-24-37(25-30-40)19-17-34-12-6-2-7-13-34/h1-15,22-32H. The first-order valence-corrected chi connectivity index (χ1v) is 13.9. The lowest BCUT2D eigenvalue weighted by atomic mass is 9.92. The highest BCUT2D eigenvalue weighted by molar-refractivity contribution is 5.85. The van der Waals surface area contributed by atoms with Gasteiger partial charge in [0.25, 0.3) is 0 Å². The average molecular weight is 531 g/mol. The zero-order chi connectivity index (χ0) is 28.4. The fourth-order valence-corrected chi connectivity index (χ4v) is 4.58. The van der Waals surface area contributed by atoms with Gasteiger partial charge in [-0.1, -0.05) is 120 Å². The van der Waals surface area contributed by atoms with Crippen LogP contribution in [0, 0.1) is 35.5 Å². The molecule has 0 atom stereocenters. The Morgan fingerprint density at radius 2 is 0.548 bits per heavy atom. The SMILES string of the molecule is C(#Cc1ccc(-c2ccc(C#Cc3ccccc3)cc2-c2ccc(C#Cc3ccccc3)cc2)cc1)c1ccccc1. The Bertz CT molecular complexity index is 1980. The van der Waals surface area contributed by atoms with E-state index in [0.717, 1.165) is 55.6 Å². The predicted octanol–water partition coefficient (Wildman–Crippen LogP) is 9.22. The molecule has 0 unspecified atom stereocenters. The summed E-state index contributed by atoms with van der Waals surface area (Å²) in [6.45, 7) is 0. The Hall–Kier alpha value is -6.00. The summed E-state index contributed by atoms with van der Waals surface area (Å²) in [7, 11) is 0. The van der Waals surface area contributed by atoms with Crippen molar-refractivity contribution in [3.8, 4) is 57.8 Å². The van der Waals surface area contributed by atoms with Gasteiger partial charge in [0.05, 0.1) is 0 Å². The molecule has 0 aliphatic heterocycles. The highest BCUT2D eigenvalue weighted by atomic mass is 14.1. The van der Waals surface area contributed by atoms with Crippen LogP contribution in [0.1, 0.15) is 33.4 Å². The molecule has 0 radical (unpaired) electrons. The lowest BCUT2D eigenvalue weighted by molar-refractivity contribution is 1.54. The monoisotopic (exact) mass is 530 g/mol. The Morgan fingerprint density at radius 1 is 0.238 bits per heavy atom. The first-order valence-electron chi connectivity index (χ1n) is 13.9. The summed E-state index contributed by atoms with van der Waals surface area (Å²) < 4.78 is 0. The Labute approximate surface area is 248 Å². The van der Waals surface area contributed by atoms with E-state index >= 15 is 0 Å². The van der Waals surface area contributed by atoms with Crippen LogP contribution in [0.5, 0.6) is 0 Å². The van der Waals surface area contributed by atoms with Crippen LogP contribution < -0.4 is 0 Å². The second kappa shape index (κ2) is 12.9. The summed E-state index contributed by atoms with van der Waals surface area (Å²) in [5.41, 5.74) is 10.5. The van der Waals surface area contributed by atoms with E-state index < -0.39 is 0 Å².